The van der Waals surface area contributed by atoms with Gasteiger partial charge in [0.2, 0.25) is 0 Å². The van der Waals surface area contributed by atoms with Crippen molar-refractivity contribution >= 4 is 27.3 Å². The molecule has 0 aliphatic rings. The standard InChI is InChI=1S/C12H13NOS/c1-8(14)12(2,3)11-13-9-6-4-5-7-10(9)15-11/h4-7H,1-3H3. The molecule has 0 aliphatic heterocycles. The molecule has 0 saturated carbocycles. The molecule has 0 aliphatic carbocycles. The van der Waals surface area contributed by atoms with Gasteiger partial charge >= 0.3 is 0 Å². The summed E-state index contributed by atoms with van der Waals surface area (Å²) in [6.45, 7) is 5.46. The number of fused-ring (bicyclic) bond motifs is 1. The fraction of sp³-hybridized carbons (Fsp3) is 0.333. The Labute approximate surface area is 93.0 Å². The molecule has 0 atom stereocenters. The number of carbonyl (C=O) groups is 1. The van der Waals surface area contributed by atoms with Crippen molar-refractivity contribution in [3.8, 4) is 0 Å². The Morgan fingerprint density at radius 3 is 2.60 bits per heavy atom. The fourth-order valence-corrected chi connectivity index (χ4v) is 2.41. The van der Waals surface area contributed by atoms with Crippen LogP contribution in [0.25, 0.3) is 10.2 Å². The first-order valence-corrected chi connectivity index (χ1v) is 5.70. The van der Waals surface area contributed by atoms with Crippen molar-refractivity contribution in [2.24, 2.45) is 0 Å². The van der Waals surface area contributed by atoms with Gasteiger partial charge in [-0.1, -0.05) is 12.1 Å². The normalized spacial score (nSPS) is 11.9. The van der Waals surface area contributed by atoms with Crippen molar-refractivity contribution in [3.05, 3.63) is 29.3 Å². The molecule has 15 heavy (non-hydrogen) atoms. The summed E-state index contributed by atoms with van der Waals surface area (Å²) < 4.78 is 1.14. The van der Waals surface area contributed by atoms with Crippen molar-refractivity contribution in [1.82, 2.24) is 4.98 Å². The number of hydrogen-bond acceptors (Lipinski definition) is 3. The Balaban J connectivity index is 2.58. The fourth-order valence-electron chi connectivity index (χ4n) is 1.29. The van der Waals surface area contributed by atoms with Gasteiger partial charge in [-0.25, -0.2) is 4.98 Å². The van der Waals surface area contributed by atoms with E-state index in [1.165, 1.54) is 0 Å². The lowest BCUT2D eigenvalue weighted by Crippen LogP contribution is -2.26. The molecule has 2 rings (SSSR count). The van der Waals surface area contributed by atoms with Crippen LogP contribution in [0.2, 0.25) is 0 Å². The van der Waals surface area contributed by atoms with Gasteiger partial charge in [-0.15, -0.1) is 11.3 Å². The van der Waals surface area contributed by atoms with Gasteiger partial charge in [0.1, 0.15) is 10.8 Å². The van der Waals surface area contributed by atoms with Crippen LogP contribution in [-0.2, 0) is 10.2 Å². The minimum absolute atomic E-state index is 0.154. The minimum atomic E-state index is -0.469. The maximum atomic E-state index is 11.5. The molecule has 1 aromatic heterocycles. The Morgan fingerprint density at radius 2 is 2.00 bits per heavy atom. The van der Waals surface area contributed by atoms with Gasteiger partial charge in [0.15, 0.2) is 0 Å². The van der Waals surface area contributed by atoms with E-state index in [1.807, 2.05) is 38.1 Å². The summed E-state index contributed by atoms with van der Waals surface area (Å²) in [7, 11) is 0. The smallest absolute Gasteiger partial charge is 0.142 e. The third-order valence-electron chi connectivity index (χ3n) is 2.71. The first kappa shape index (κ1) is 10.3. The van der Waals surface area contributed by atoms with Crippen LogP contribution < -0.4 is 0 Å². The van der Waals surface area contributed by atoms with Crippen LogP contribution in [0.1, 0.15) is 25.8 Å². The molecule has 0 N–H and O–H groups in total. The monoisotopic (exact) mass is 219 g/mol. The summed E-state index contributed by atoms with van der Waals surface area (Å²) in [6, 6.07) is 7.97. The summed E-state index contributed by atoms with van der Waals surface area (Å²) in [5, 5.41) is 0.899. The minimum Gasteiger partial charge on any atom is -0.299 e. The molecule has 1 heterocycles. The summed E-state index contributed by atoms with van der Waals surface area (Å²) >= 11 is 1.60. The quantitative estimate of drug-likeness (QED) is 0.776. The second-order valence-corrected chi connectivity index (χ2v) is 5.20. The number of carbonyl (C=O) groups excluding carboxylic acids is 1. The van der Waals surface area contributed by atoms with Crippen LogP contribution in [0.4, 0.5) is 0 Å². The topological polar surface area (TPSA) is 30.0 Å². The van der Waals surface area contributed by atoms with Gasteiger partial charge in [-0.3, -0.25) is 4.79 Å². The number of thiazole rings is 1. The van der Waals surface area contributed by atoms with Gasteiger partial charge in [0.25, 0.3) is 0 Å². The molecule has 0 bridgehead atoms. The van der Waals surface area contributed by atoms with Crippen LogP contribution in [0.15, 0.2) is 24.3 Å². The maximum Gasteiger partial charge on any atom is 0.142 e. The van der Waals surface area contributed by atoms with Crippen LogP contribution in [-0.4, -0.2) is 10.8 Å². The number of aromatic nitrogens is 1. The summed E-state index contributed by atoms with van der Waals surface area (Å²) in [5.41, 5.74) is 0.510. The molecule has 0 amide bonds. The highest BCUT2D eigenvalue weighted by Crippen LogP contribution is 2.31. The first-order chi connectivity index (χ1) is 7.01. The second-order valence-electron chi connectivity index (χ2n) is 4.17. The number of ketones is 1. The van der Waals surface area contributed by atoms with E-state index in [9.17, 15) is 4.79 Å². The van der Waals surface area contributed by atoms with Crippen molar-refractivity contribution in [1.29, 1.82) is 0 Å². The zero-order valence-electron chi connectivity index (χ0n) is 9.07. The zero-order valence-corrected chi connectivity index (χ0v) is 9.89. The van der Waals surface area contributed by atoms with E-state index in [-0.39, 0.29) is 5.78 Å². The third kappa shape index (κ3) is 1.67. The van der Waals surface area contributed by atoms with Crippen molar-refractivity contribution in [3.63, 3.8) is 0 Å². The van der Waals surface area contributed by atoms with E-state index >= 15 is 0 Å². The molecule has 78 valence electrons. The highest BCUT2D eigenvalue weighted by atomic mass is 32.1. The molecule has 3 heteroatoms. The van der Waals surface area contributed by atoms with E-state index in [1.54, 1.807) is 18.3 Å². The van der Waals surface area contributed by atoms with E-state index in [4.69, 9.17) is 0 Å². The molecule has 0 fully saturated rings. The largest absolute Gasteiger partial charge is 0.299 e. The molecule has 2 aromatic rings. The van der Waals surface area contributed by atoms with E-state index < -0.39 is 5.41 Å². The van der Waals surface area contributed by atoms with Crippen LogP contribution in [0.5, 0.6) is 0 Å². The highest BCUT2D eigenvalue weighted by molar-refractivity contribution is 7.18. The van der Waals surface area contributed by atoms with E-state index in [0.29, 0.717) is 0 Å². The predicted octanol–water partition coefficient (Wildman–Crippen LogP) is 3.16. The predicted molar refractivity (Wildman–Crippen MR) is 63.3 cm³/mol. The molecule has 2 nitrogen and oxygen atoms in total. The molecule has 0 unspecified atom stereocenters. The molecule has 1 aromatic carbocycles. The number of rotatable bonds is 2. The van der Waals surface area contributed by atoms with Crippen LogP contribution in [0, 0.1) is 0 Å². The Hall–Kier alpha value is -1.22. The Bertz CT molecular complexity index is 480. The molecular formula is C12H13NOS. The summed E-state index contributed by atoms with van der Waals surface area (Å²) in [5.74, 6) is 0.154. The third-order valence-corrected chi connectivity index (χ3v) is 4.07. The maximum absolute atomic E-state index is 11.5. The van der Waals surface area contributed by atoms with Gasteiger partial charge in [-0.2, -0.15) is 0 Å². The molecule has 0 spiro atoms. The number of para-hydroxylation sites is 1. The van der Waals surface area contributed by atoms with Crippen LogP contribution >= 0.6 is 11.3 Å². The highest BCUT2D eigenvalue weighted by Gasteiger charge is 2.29. The van der Waals surface area contributed by atoms with Crippen molar-refractivity contribution in [2.75, 3.05) is 0 Å². The SMILES string of the molecule is CC(=O)C(C)(C)c1nc2ccccc2s1. The summed E-state index contributed by atoms with van der Waals surface area (Å²) in [6.07, 6.45) is 0. The Kier molecular flexibility index (Phi) is 2.35. The first-order valence-electron chi connectivity index (χ1n) is 4.89. The van der Waals surface area contributed by atoms with Crippen molar-refractivity contribution in [2.45, 2.75) is 26.2 Å². The number of hydrogen-bond donors (Lipinski definition) is 0. The number of Topliss-reactive ketones (excluding diaryl/α,β-unsaturated/α-hetero) is 1. The van der Waals surface area contributed by atoms with Gasteiger partial charge in [-0.05, 0) is 32.9 Å². The van der Waals surface area contributed by atoms with E-state index in [0.717, 1.165) is 15.2 Å². The lowest BCUT2D eigenvalue weighted by Gasteiger charge is -2.17. The number of nitrogens with zero attached hydrogens (tertiary/aromatic N) is 1. The summed E-state index contributed by atoms with van der Waals surface area (Å²) in [4.78, 5) is 16.0. The number of benzene rings is 1. The zero-order chi connectivity index (χ0) is 11.1. The average molecular weight is 219 g/mol. The molecular weight excluding hydrogens is 206 g/mol. The van der Waals surface area contributed by atoms with Gasteiger partial charge in [0, 0.05) is 0 Å². The lowest BCUT2D eigenvalue weighted by molar-refractivity contribution is -0.121. The van der Waals surface area contributed by atoms with E-state index in [2.05, 4.69) is 4.98 Å². The Morgan fingerprint density at radius 1 is 1.33 bits per heavy atom. The lowest BCUT2D eigenvalue weighted by atomic mass is 9.90. The van der Waals surface area contributed by atoms with Crippen molar-refractivity contribution < 1.29 is 4.79 Å². The van der Waals surface area contributed by atoms with Gasteiger partial charge < -0.3 is 0 Å². The van der Waals surface area contributed by atoms with Gasteiger partial charge in [0.05, 0.1) is 15.6 Å². The second kappa shape index (κ2) is 3.42. The molecule has 0 saturated heterocycles. The van der Waals surface area contributed by atoms with Crippen LogP contribution in [0.3, 0.4) is 0 Å². The average Bonchev–Trinajstić information content (AvgIpc) is 2.61. The molecule has 0 radical (unpaired) electrons.